The van der Waals surface area contributed by atoms with Crippen LogP contribution in [0.15, 0.2) is 30.3 Å². The molecule has 0 radical (unpaired) electrons. The number of nitrogens with zero attached hydrogens (tertiary/aromatic N) is 1. The number of carbonyl (C=O) groups is 1. The first-order chi connectivity index (χ1) is 10.9. The van der Waals surface area contributed by atoms with Gasteiger partial charge in [-0.2, -0.15) is 0 Å². The van der Waals surface area contributed by atoms with E-state index < -0.39 is 30.4 Å². The van der Waals surface area contributed by atoms with Crippen LogP contribution in [0.25, 0.3) is 0 Å². The van der Waals surface area contributed by atoms with E-state index in [1.54, 1.807) is 18.7 Å². The van der Waals surface area contributed by atoms with E-state index >= 15 is 0 Å². The number of aliphatic hydroxyl groups excluding tert-OH is 3. The van der Waals surface area contributed by atoms with Gasteiger partial charge in [-0.3, -0.25) is 9.69 Å². The van der Waals surface area contributed by atoms with E-state index in [0.717, 1.165) is 5.56 Å². The molecule has 1 aromatic rings. The molecular formula is C17H26N2O4. The number of carbonyl (C=O) groups excluding carboxylic acids is 1. The van der Waals surface area contributed by atoms with Gasteiger partial charge in [0.15, 0.2) is 0 Å². The molecule has 6 nitrogen and oxygen atoms in total. The van der Waals surface area contributed by atoms with Crippen molar-refractivity contribution in [3.63, 3.8) is 0 Å². The molecule has 2 rings (SSSR count). The first-order valence-corrected chi connectivity index (χ1v) is 8.04. The van der Waals surface area contributed by atoms with Crippen molar-refractivity contribution in [1.82, 2.24) is 10.2 Å². The summed E-state index contributed by atoms with van der Waals surface area (Å²) in [5, 5.41) is 33.4. The fourth-order valence-corrected chi connectivity index (χ4v) is 3.35. The molecule has 6 heteroatoms. The van der Waals surface area contributed by atoms with Crippen LogP contribution in [0.2, 0.25) is 0 Å². The Balaban J connectivity index is 2.39. The fraction of sp³-hybridized carbons (Fsp3) is 0.588. The van der Waals surface area contributed by atoms with Gasteiger partial charge < -0.3 is 20.6 Å². The molecule has 0 saturated carbocycles. The van der Waals surface area contributed by atoms with Gasteiger partial charge in [0.1, 0.15) is 18.2 Å². The zero-order valence-corrected chi connectivity index (χ0v) is 13.8. The van der Waals surface area contributed by atoms with Gasteiger partial charge in [0.05, 0.1) is 6.10 Å². The fourth-order valence-electron chi connectivity index (χ4n) is 3.35. The lowest BCUT2D eigenvalue weighted by molar-refractivity contribution is -0.178. The van der Waals surface area contributed by atoms with E-state index in [1.165, 1.54) is 0 Å². The number of rotatable bonds is 4. The number of likely N-dealkylation sites (N-methyl/N-ethyl adjacent to an activating group) is 1. The number of benzene rings is 1. The van der Waals surface area contributed by atoms with Gasteiger partial charge in [-0.15, -0.1) is 0 Å². The molecule has 4 N–H and O–H groups in total. The Kier molecular flexibility index (Phi) is 5.75. The number of hydrogen-bond acceptors (Lipinski definition) is 5. The summed E-state index contributed by atoms with van der Waals surface area (Å²) in [6.45, 7) is 5.91. The number of likely N-dealkylation sites (tertiary alicyclic amines) is 1. The van der Waals surface area contributed by atoms with Crippen molar-refractivity contribution in [3.05, 3.63) is 35.9 Å². The van der Waals surface area contributed by atoms with Crippen LogP contribution < -0.4 is 5.32 Å². The Labute approximate surface area is 136 Å². The van der Waals surface area contributed by atoms with Gasteiger partial charge in [0, 0.05) is 18.6 Å². The molecule has 6 atom stereocenters. The lowest BCUT2D eigenvalue weighted by Crippen LogP contribution is -2.69. The van der Waals surface area contributed by atoms with E-state index in [0.29, 0.717) is 6.54 Å². The number of amides is 1. The number of aliphatic hydroxyl groups is 3. The maximum absolute atomic E-state index is 12.4. The van der Waals surface area contributed by atoms with Crippen LogP contribution in [0, 0.1) is 0 Å². The lowest BCUT2D eigenvalue weighted by Gasteiger charge is -2.49. The molecule has 0 aromatic heterocycles. The van der Waals surface area contributed by atoms with Crippen molar-refractivity contribution in [3.8, 4) is 0 Å². The zero-order chi connectivity index (χ0) is 17.1. The Hall–Kier alpha value is -1.47. The minimum Gasteiger partial charge on any atom is -0.389 e. The average Bonchev–Trinajstić information content (AvgIpc) is 2.56. The van der Waals surface area contributed by atoms with Crippen LogP contribution in [-0.2, 0) is 4.79 Å². The largest absolute Gasteiger partial charge is 0.389 e. The summed E-state index contributed by atoms with van der Waals surface area (Å²) in [5.41, 5.74) is 0.976. The predicted octanol–water partition coefficient (Wildman–Crippen LogP) is 0.0391. The van der Waals surface area contributed by atoms with Gasteiger partial charge in [0.25, 0.3) is 0 Å². The topological polar surface area (TPSA) is 93.0 Å². The van der Waals surface area contributed by atoms with Crippen molar-refractivity contribution >= 4 is 5.91 Å². The molecule has 0 aliphatic carbocycles. The summed E-state index contributed by atoms with van der Waals surface area (Å²) in [7, 11) is 0. The monoisotopic (exact) mass is 322 g/mol. The SMILES string of the molecule is CCNC(=O)[C@@H]1[C@@H](O)[C@@H](O)[C@H](O)[C@@H](C)N1C(C)c1ccccc1. The van der Waals surface area contributed by atoms with Crippen LogP contribution in [0.1, 0.15) is 32.4 Å². The van der Waals surface area contributed by atoms with Crippen molar-refractivity contribution in [1.29, 1.82) is 0 Å². The summed E-state index contributed by atoms with van der Waals surface area (Å²) in [6, 6.07) is 8.01. The molecule has 1 unspecified atom stereocenters. The third-order valence-electron chi connectivity index (χ3n) is 4.66. The zero-order valence-electron chi connectivity index (χ0n) is 13.8. The standard InChI is InChI=1S/C17H26N2O4/c1-4-18-17(23)13-15(21)16(22)14(20)11(3)19(13)10(2)12-8-6-5-7-9-12/h5-11,13-16,20-22H,4H2,1-3H3,(H,18,23)/t10?,11-,13+,14-,15-,16+/m1/s1. The maximum Gasteiger partial charge on any atom is 0.240 e. The van der Waals surface area contributed by atoms with Crippen LogP contribution in [0.5, 0.6) is 0 Å². The minimum atomic E-state index is -1.35. The molecule has 1 saturated heterocycles. The van der Waals surface area contributed by atoms with Crippen LogP contribution in [0.3, 0.4) is 0 Å². The van der Waals surface area contributed by atoms with E-state index in [4.69, 9.17) is 0 Å². The highest BCUT2D eigenvalue weighted by Crippen LogP contribution is 2.33. The molecule has 0 bridgehead atoms. The van der Waals surface area contributed by atoms with E-state index in [2.05, 4.69) is 5.32 Å². The molecule has 23 heavy (non-hydrogen) atoms. The highest BCUT2D eigenvalue weighted by Gasteiger charge is 2.50. The molecule has 1 heterocycles. The molecule has 1 aliphatic heterocycles. The Morgan fingerprint density at radius 1 is 1.17 bits per heavy atom. The molecule has 128 valence electrons. The number of hydrogen-bond donors (Lipinski definition) is 4. The van der Waals surface area contributed by atoms with Crippen molar-refractivity contribution < 1.29 is 20.1 Å². The third kappa shape index (κ3) is 3.40. The number of nitrogens with one attached hydrogen (secondary N) is 1. The van der Waals surface area contributed by atoms with Crippen molar-refractivity contribution in [2.45, 2.75) is 57.2 Å². The second-order valence-electron chi connectivity index (χ2n) is 6.09. The quantitative estimate of drug-likeness (QED) is 0.628. The first-order valence-electron chi connectivity index (χ1n) is 8.04. The Bertz CT molecular complexity index is 525. The highest BCUT2D eigenvalue weighted by molar-refractivity contribution is 5.82. The Morgan fingerprint density at radius 3 is 2.35 bits per heavy atom. The van der Waals surface area contributed by atoms with E-state index in [1.807, 2.05) is 37.3 Å². The summed E-state index contributed by atoms with van der Waals surface area (Å²) in [4.78, 5) is 14.2. The van der Waals surface area contributed by atoms with Crippen LogP contribution >= 0.6 is 0 Å². The van der Waals surface area contributed by atoms with Crippen molar-refractivity contribution in [2.75, 3.05) is 6.54 Å². The lowest BCUT2D eigenvalue weighted by atomic mass is 9.85. The average molecular weight is 322 g/mol. The third-order valence-corrected chi connectivity index (χ3v) is 4.66. The van der Waals surface area contributed by atoms with E-state index in [-0.39, 0.29) is 11.9 Å². The van der Waals surface area contributed by atoms with Crippen LogP contribution in [-0.4, -0.2) is 63.1 Å². The number of piperidine rings is 1. The molecule has 1 aromatic carbocycles. The summed E-state index contributed by atoms with van der Waals surface area (Å²) in [5.74, 6) is -0.347. The summed E-state index contributed by atoms with van der Waals surface area (Å²) < 4.78 is 0. The van der Waals surface area contributed by atoms with Crippen LogP contribution in [0.4, 0.5) is 0 Å². The molecule has 1 aliphatic rings. The molecule has 0 spiro atoms. The second-order valence-corrected chi connectivity index (χ2v) is 6.09. The second kappa shape index (κ2) is 7.40. The molecule has 1 fully saturated rings. The van der Waals surface area contributed by atoms with Gasteiger partial charge in [-0.05, 0) is 26.3 Å². The van der Waals surface area contributed by atoms with Gasteiger partial charge in [-0.1, -0.05) is 30.3 Å². The summed E-state index contributed by atoms with van der Waals surface area (Å²) in [6.07, 6.45) is -3.82. The predicted molar refractivity (Wildman–Crippen MR) is 86.7 cm³/mol. The minimum absolute atomic E-state index is 0.199. The molecular weight excluding hydrogens is 296 g/mol. The maximum atomic E-state index is 12.4. The Morgan fingerprint density at radius 2 is 1.78 bits per heavy atom. The van der Waals surface area contributed by atoms with Gasteiger partial charge in [0.2, 0.25) is 5.91 Å². The van der Waals surface area contributed by atoms with Gasteiger partial charge >= 0.3 is 0 Å². The van der Waals surface area contributed by atoms with Gasteiger partial charge in [-0.25, -0.2) is 0 Å². The summed E-state index contributed by atoms with van der Waals surface area (Å²) >= 11 is 0. The van der Waals surface area contributed by atoms with E-state index in [9.17, 15) is 20.1 Å². The highest BCUT2D eigenvalue weighted by atomic mass is 16.4. The normalized spacial score (nSPS) is 33.2. The molecule has 1 amide bonds. The first kappa shape index (κ1) is 17.9. The van der Waals surface area contributed by atoms with Crippen molar-refractivity contribution in [2.24, 2.45) is 0 Å². The smallest absolute Gasteiger partial charge is 0.240 e.